The van der Waals surface area contributed by atoms with Gasteiger partial charge in [-0.1, -0.05) is 37.5 Å². The van der Waals surface area contributed by atoms with E-state index in [2.05, 4.69) is 22.3 Å². The number of carbonyl (C=O) groups excluding carboxylic acids is 1. The van der Waals surface area contributed by atoms with E-state index in [1.807, 2.05) is 29.2 Å². The Morgan fingerprint density at radius 3 is 2.88 bits per heavy atom. The predicted molar refractivity (Wildman–Crippen MR) is 101 cm³/mol. The summed E-state index contributed by atoms with van der Waals surface area (Å²) >= 11 is 0. The van der Waals surface area contributed by atoms with Gasteiger partial charge in [0.25, 0.3) is 5.91 Å². The summed E-state index contributed by atoms with van der Waals surface area (Å²) in [6.45, 7) is 1.23. The van der Waals surface area contributed by atoms with Crippen LogP contribution in [0.1, 0.15) is 59.8 Å². The lowest BCUT2D eigenvalue weighted by Crippen LogP contribution is -2.29. The van der Waals surface area contributed by atoms with Crippen molar-refractivity contribution in [1.29, 1.82) is 0 Å². The second kappa shape index (κ2) is 7.36. The number of rotatable bonds is 4. The molecule has 0 radical (unpaired) electrons. The fourth-order valence-electron chi connectivity index (χ4n) is 3.97. The highest BCUT2D eigenvalue weighted by atomic mass is 16.5. The molecule has 0 spiro atoms. The van der Waals surface area contributed by atoms with Gasteiger partial charge in [0, 0.05) is 24.7 Å². The highest BCUT2D eigenvalue weighted by Crippen LogP contribution is 2.32. The topological polar surface area (TPSA) is 58.2 Å². The number of methoxy groups -OCH3 is 1. The molecule has 1 fully saturated rings. The number of hydrogen-bond donors (Lipinski definition) is 1. The molecule has 26 heavy (non-hydrogen) atoms. The first-order valence-corrected chi connectivity index (χ1v) is 9.42. The van der Waals surface area contributed by atoms with Gasteiger partial charge in [-0.15, -0.1) is 0 Å². The average molecular weight is 351 g/mol. The number of carbonyl (C=O) groups is 1. The summed E-state index contributed by atoms with van der Waals surface area (Å²) in [4.78, 5) is 14.7. The molecule has 1 aliphatic heterocycles. The Kier molecular flexibility index (Phi) is 4.78. The predicted octanol–water partition coefficient (Wildman–Crippen LogP) is 4.01. The van der Waals surface area contributed by atoms with Crippen molar-refractivity contribution >= 4 is 11.5 Å². The number of aromatic nitrogens is 2. The summed E-state index contributed by atoms with van der Waals surface area (Å²) in [7, 11) is 1.67. The van der Waals surface area contributed by atoms with Gasteiger partial charge in [-0.25, -0.2) is 0 Å². The van der Waals surface area contributed by atoms with Crippen LogP contribution in [0.15, 0.2) is 36.4 Å². The van der Waals surface area contributed by atoms with Crippen LogP contribution < -0.4 is 4.74 Å². The standard InChI is InChI=1S/C21H25N3O2/c1-26-18-9-5-8-16(12-18)17-10-11-24(14-17)21(25)20-13-19(22-23-20)15-6-3-2-4-7-15/h5,8-10,12-13,15H,2-4,6-7,11,14H2,1H3,(H,22,23). The van der Waals surface area contributed by atoms with Crippen molar-refractivity contribution in [1.82, 2.24) is 15.1 Å². The Morgan fingerprint density at radius 2 is 2.08 bits per heavy atom. The maximum Gasteiger partial charge on any atom is 0.274 e. The molecule has 2 heterocycles. The lowest BCUT2D eigenvalue weighted by atomic mass is 9.87. The third-order valence-corrected chi connectivity index (χ3v) is 5.51. The van der Waals surface area contributed by atoms with Crippen molar-refractivity contribution in [2.24, 2.45) is 0 Å². The lowest BCUT2D eigenvalue weighted by molar-refractivity contribution is 0.0795. The van der Waals surface area contributed by atoms with Gasteiger partial charge in [-0.2, -0.15) is 5.10 Å². The summed E-state index contributed by atoms with van der Waals surface area (Å²) in [5.41, 5.74) is 3.91. The first-order chi connectivity index (χ1) is 12.7. The number of benzene rings is 1. The number of nitrogens with one attached hydrogen (secondary N) is 1. The number of H-pyrrole nitrogens is 1. The molecule has 136 valence electrons. The van der Waals surface area contributed by atoms with Crippen molar-refractivity contribution in [3.8, 4) is 5.75 Å². The molecule has 0 bridgehead atoms. The third-order valence-electron chi connectivity index (χ3n) is 5.51. The molecule has 1 aliphatic carbocycles. The number of amides is 1. The van der Waals surface area contributed by atoms with Crippen LogP contribution in [0, 0.1) is 0 Å². The van der Waals surface area contributed by atoms with Crippen molar-refractivity contribution < 1.29 is 9.53 Å². The van der Waals surface area contributed by atoms with E-state index in [9.17, 15) is 4.79 Å². The summed E-state index contributed by atoms with van der Waals surface area (Å²) in [6.07, 6.45) is 8.37. The Morgan fingerprint density at radius 1 is 1.23 bits per heavy atom. The molecule has 0 atom stereocenters. The van der Waals surface area contributed by atoms with Crippen molar-refractivity contribution in [3.63, 3.8) is 0 Å². The van der Waals surface area contributed by atoms with Gasteiger partial charge in [0.05, 0.1) is 7.11 Å². The minimum Gasteiger partial charge on any atom is -0.497 e. The fraction of sp³-hybridized carbons (Fsp3) is 0.429. The number of hydrogen-bond acceptors (Lipinski definition) is 3. The summed E-state index contributed by atoms with van der Waals surface area (Å²) in [5.74, 6) is 1.36. The summed E-state index contributed by atoms with van der Waals surface area (Å²) < 4.78 is 5.30. The second-order valence-electron chi connectivity index (χ2n) is 7.19. The molecule has 1 saturated carbocycles. The van der Waals surface area contributed by atoms with Gasteiger partial charge in [0.2, 0.25) is 0 Å². The molecule has 1 aromatic carbocycles. The SMILES string of the molecule is COc1cccc(C2=CCN(C(=O)c3cc(C4CCCCC4)[nH]n3)C2)c1. The molecule has 1 N–H and O–H groups in total. The van der Waals surface area contributed by atoms with E-state index in [0.717, 1.165) is 22.6 Å². The van der Waals surface area contributed by atoms with Crippen molar-refractivity contribution in [2.45, 2.75) is 38.0 Å². The minimum atomic E-state index is -0.00236. The average Bonchev–Trinajstić information content (AvgIpc) is 3.38. The highest BCUT2D eigenvalue weighted by Gasteiger charge is 2.25. The molecule has 5 heteroatoms. The van der Waals surface area contributed by atoms with Gasteiger partial charge >= 0.3 is 0 Å². The van der Waals surface area contributed by atoms with E-state index < -0.39 is 0 Å². The van der Waals surface area contributed by atoms with E-state index in [0.29, 0.717) is 24.7 Å². The normalized spacial score (nSPS) is 18.0. The van der Waals surface area contributed by atoms with Crippen LogP contribution in [-0.2, 0) is 0 Å². The zero-order valence-corrected chi connectivity index (χ0v) is 15.2. The Hall–Kier alpha value is -2.56. The zero-order chi connectivity index (χ0) is 17.9. The first kappa shape index (κ1) is 16.9. The quantitative estimate of drug-likeness (QED) is 0.905. The maximum atomic E-state index is 12.8. The minimum absolute atomic E-state index is 0.00236. The summed E-state index contributed by atoms with van der Waals surface area (Å²) in [5, 5.41) is 7.41. The van der Waals surface area contributed by atoms with Crippen molar-refractivity contribution in [3.05, 3.63) is 53.4 Å². The molecule has 0 saturated heterocycles. The molecule has 2 aliphatic rings. The Bertz CT molecular complexity index is 818. The summed E-state index contributed by atoms with van der Waals surface area (Å²) in [6, 6.07) is 9.93. The van der Waals surface area contributed by atoms with Crippen LogP contribution in [0.5, 0.6) is 5.75 Å². The Labute approximate surface area is 154 Å². The molecule has 4 rings (SSSR count). The van der Waals surface area contributed by atoms with Crippen LogP contribution in [0.2, 0.25) is 0 Å². The van der Waals surface area contributed by atoms with Gasteiger partial charge in [-0.05, 0) is 42.2 Å². The Balaban J connectivity index is 1.43. The lowest BCUT2D eigenvalue weighted by Gasteiger charge is -2.19. The van der Waals surface area contributed by atoms with Crippen LogP contribution in [0.25, 0.3) is 5.57 Å². The first-order valence-electron chi connectivity index (χ1n) is 9.42. The highest BCUT2D eigenvalue weighted by molar-refractivity contribution is 5.94. The number of nitrogens with zero attached hydrogens (tertiary/aromatic N) is 2. The number of ether oxygens (including phenoxy) is 1. The largest absolute Gasteiger partial charge is 0.497 e. The van der Waals surface area contributed by atoms with Gasteiger partial charge in [-0.3, -0.25) is 9.89 Å². The molecule has 0 unspecified atom stereocenters. The molecular formula is C21H25N3O2. The number of aromatic amines is 1. The van der Waals surface area contributed by atoms with E-state index in [1.165, 1.54) is 32.1 Å². The van der Waals surface area contributed by atoms with E-state index in [1.54, 1.807) is 7.11 Å². The monoisotopic (exact) mass is 351 g/mol. The molecule has 1 amide bonds. The van der Waals surface area contributed by atoms with Crippen LogP contribution >= 0.6 is 0 Å². The van der Waals surface area contributed by atoms with Crippen LogP contribution in [0.4, 0.5) is 0 Å². The van der Waals surface area contributed by atoms with Gasteiger partial charge < -0.3 is 9.64 Å². The van der Waals surface area contributed by atoms with Gasteiger partial charge in [0.15, 0.2) is 0 Å². The smallest absolute Gasteiger partial charge is 0.274 e. The van der Waals surface area contributed by atoms with Crippen LogP contribution in [-0.4, -0.2) is 41.2 Å². The molecule has 1 aromatic heterocycles. The van der Waals surface area contributed by atoms with E-state index in [-0.39, 0.29) is 5.91 Å². The molecule has 2 aromatic rings. The van der Waals surface area contributed by atoms with E-state index in [4.69, 9.17) is 4.74 Å². The van der Waals surface area contributed by atoms with Gasteiger partial charge in [0.1, 0.15) is 11.4 Å². The maximum absolute atomic E-state index is 12.8. The zero-order valence-electron chi connectivity index (χ0n) is 15.2. The second-order valence-corrected chi connectivity index (χ2v) is 7.19. The van der Waals surface area contributed by atoms with Crippen molar-refractivity contribution in [2.75, 3.05) is 20.2 Å². The van der Waals surface area contributed by atoms with Crippen LogP contribution in [0.3, 0.4) is 0 Å². The van der Waals surface area contributed by atoms with E-state index >= 15 is 0 Å². The third kappa shape index (κ3) is 3.39. The molecule has 5 nitrogen and oxygen atoms in total. The molecular weight excluding hydrogens is 326 g/mol. The fourth-order valence-corrected chi connectivity index (χ4v) is 3.97.